The second-order valence-corrected chi connectivity index (χ2v) is 5.89. The molecule has 21 heavy (non-hydrogen) atoms. The summed E-state index contributed by atoms with van der Waals surface area (Å²) in [7, 11) is 0. The standard InChI is InChI=1S/C18H22N2O/c1-14(19-18(21)16-6-2-3-7-16)15-8-10-17(11-9-15)20-12-4-5-13-20/h4-5,8-14,16H,2-3,6-7H2,1H3,(H,19,21)/t14-/m0/s1. The van der Waals surface area contributed by atoms with E-state index in [0.717, 1.165) is 24.1 Å². The molecule has 0 spiro atoms. The molecule has 110 valence electrons. The van der Waals surface area contributed by atoms with Gasteiger partial charge in [0.25, 0.3) is 0 Å². The lowest BCUT2D eigenvalue weighted by Gasteiger charge is -2.17. The first-order valence-electron chi connectivity index (χ1n) is 7.78. The number of rotatable bonds is 4. The van der Waals surface area contributed by atoms with Gasteiger partial charge in [0.15, 0.2) is 0 Å². The number of aromatic nitrogens is 1. The van der Waals surface area contributed by atoms with Crippen LogP contribution in [0.1, 0.15) is 44.2 Å². The van der Waals surface area contributed by atoms with Gasteiger partial charge in [-0.25, -0.2) is 0 Å². The van der Waals surface area contributed by atoms with E-state index in [1.807, 2.05) is 24.5 Å². The predicted octanol–water partition coefficient (Wildman–Crippen LogP) is 3.84. The Kier molecular flexibility index (Phi) is 4.09. The van der Waals surface area contributed by atoms with Crippen LogP contribution in [0.4, 0.5) is 0 Å². The molecule has 3 nitrogen and oxygen atoms in total. The molecule has 1 atom stereocenters. The third-order valence-electron chi connectivity index (χ3n) is 4.38. The third kappa shape index (κ3) is 3.18. The van der Waals surface area contributed by atoms with Crippen LogP contribution in [0.15, 0.2) is 48.8 Å². The molecule has 0 radical (unpaired) electrons. The van der Waals surface area contributed by atoms with Crippen molar-refractivity contribution in [3.8, 4) is 5.69 Å². The van der Waals surface area contributed by atoms with E-state index in [4.69, 9.17) is 0 Å². The molecule has 1 saturated carbocycles. The Morgan fingerprint density at radius 2 is 1.76 bits per heavy atom. The molecule has 0 bridgehead atoms. The van der Waals surface area contributed by atoms with Gasteiger partial charge < -0.3 is 9.88 Å². The Morgan fingerprint density at radius 3 is 2.38 bits per heavy atom. The lowest BCUT2D eigenvalue weighted by Crippen LogP contribution is -2.31. The van der Waals surface area contributed by atoms with Crippen molar-refractivity contribution in [2.45, 2.75) is 38.6 Å². The van der Waals surface area contributed by atoms with Crippen molar-refractivity contribution in [1.29, 1.82) is 0 Å². The highest BCUT2D eigenvalue weighted by Crippen LogP contribution is 2.26. The van der Waals surface area contributed by atoms with Gasteiger partial charge in [-0.1, -0.05) is 25.0 Å². The zero-order chi connectivity index (χ0) is 14.7. The molecule has 2 aromatic rings. The number of amides is 1. The summed E-state index contributed by atoms with van der Waals surface area (Å²) >= 11 is 0. The Balaban J connectivity index is 1.64. The molecule has 0 saturated heterocycles. The van der Waals surface area contributed by atoms with E-state index >= 15 is 0 Å². The Hall–Kier alpha value is -2.03. The molecule has 1 N–H and O–H groups in total. The second-order valence-electron chi connectivity index (χ2n) is 5.89. The first-order valence-corrected chi connectivity index (χ1v) is 7.78. The minimum Gasteiger partial charge on any atom is -0.349 e. The minimum absolute atomic E-state index is 0.0665. The van der Waals surface area contributed by atoms with Crippen molar-refractivity contribution in [2.24, 2.45) is 5.92 Å². The fourth-order valence-corrected chi connectivity index (χ4v) is 3.04. The predicted molar refractivity (Wildman–Crippen MR) is 84.3 cm³/mol. The van der Waals surface area contributed by atoms with E-state index in [-0.39, 0.29) is 17.9 Å². The van der Waals surface area contributed by atoms with Crippen LogP contribution in [0.3, 0.4) is 0 Å². The van der Waals surface area contributed by atoms with Crippen molar-refractivity contribution in [2.75, 3.05) is 0 Å². The maximum atomic E-state index is 12.2. The molecule has 1 fully saturated rings. The first-order chi connectivity index (χ1) is 10.2. The topological polar surface area (TPSA) is 34.0 Å². The van der Waals surface area contributed by atoms with E-state index in [0.29, 0.717) is 0 Å². The summed E-state index contributed by atoms with van der Waals surface area (Å²) in [6.45, 7) is 2.05. The summed E-state index contributed by atoms with van der Waals surface area (Å²) in [6.07, 6.45) is 8.53. The van der Waals surface area contributed by atoms with Crippen LogP contribution in [0.25, 0.3) is 5.69 Å². The number of carbonyl (C=O) groups is 1. The number of carbonyl (C=O) groups excluding carboxylic acids is 1. The van der Waals surface area contributed by atoms with Gasteiger partial charge in [-0.3, -0.25) is 4.79 Å². The summed E-state index contributed by atoms with van der Waals surface area (Å²) in [5.41, 5.74) is 2.29. The highest BCUT2D eigenvalue weighted by Gasteiger charge is 2.23. The molecular formula is C18H22N2O. The highest BCUT2D eigenvalue weighted by molar-refractivity contribution is 5.79. The Morgan fingerprint density at radius 1 is 1.14 bits per heavy atom. The zero-order valence-corrected chi connectivity index (χ0v) is 12.5. The third-order valence-corrected chi connectivity index (χ3v) is 4.38. The van der Waals surface area contributed by atoms with Gasteiger partial charge in [0, 0.05) is 24.0 Å². The van der Waals surface area contributed by atoms with Crippen molar-refractivity contribution in [3.05, 3.63) is 54.4 Å². The average molecular weight is 282 g/mol. The van der Waals surface area contributed by atoms with E-state index < -0.39 is 0 Å². The normalized spacial score (nSPS) is 16.8. The van der Waals surface area contributed by atoms with E-state index in [2.05, 4.69) is 41.1 Å². The molecule has 0 unspecified atom stereocenters. The lowest BCUT2D eigenvalue weighted by atomic mass is 10.0. The summed E-state index contributed by atoms with van der Waals surface area (Å²) < 4.78 is 2.07. The van der Waals surface area contributed by atoms with Crippen LogP contribution in [0.5, 0.6) is 0 Å². The first kappa shape index (κ1) is 13.9. The van der Waals surface area contributed by atoms with Gasteiger partial charge in [-0.2, -0.15) is 0 Å². The van der Waals surface area contributed by atoms with Crippen LogP contribution in [0.2, 0.25) is 0 Å². The highest BCUT2D eigenvalue weighted by atomic mass is 16.1. The summed E-state index contributed by atoms with van der Waals surface area (Å²) in [5.74, 6) is 0.445. The second kappa shape index (κ2) is 6.17. The van der Waals surface area contributed by atoms with Gasteiger partial charge in [-0.15, -0.1) is 0 Å². The molecule has 1 amide bonds. The number of hydrogen-bond donors (Lipinski definition) is 1. The number of nitrogens with one attached hydrogen (secondary N) is 1. The lowest BCUT2D eigenvalue weighted by molar-refractivity contribution is -0.125. The van der Waals surface area contributed by atoms with Crippen LogP contribution < -0.4 is 5.32 Å². The van der Waals surface area contributed by atoms with Crippen LogP contribution >= 0.6 is 0 Å². The van der Waals surface area contributed by atoms with Gasteiger partial charge in [0.1, 0.15) is 0 Å². The maximum absolute atomic E-state index is 12.2. The molecule has 1 aromatic heterocycles. The summed E-state index contributed by atoms with van der Waals surface area (Å²) in [6, 6.07) is 12.5. The van der Waals surface area contributed by atoms with Crippen LogP contribution in [-0.2, 0) is 4.79 Å². The van der Waals surface area contributed by atoms with E-state index in [1.54, 1.807) is 0 Å². The van der Waals surface area contributed by atoms with Crippen LogP contribution in [0, 0.1) is 5.92 Å². The zero-order valence-electron chi connectivity index (χ0n) is 12.5. The molecular weight excluding hydrogens is 260 g/mol. The number of benzene rings is 1. The fourth-order valence-electron chi connectivity index (χ4n) is 3.04. The molecule has 1 heterocycles. The van der Waals surface area contributed by atoms with Gasteiger partial charge in [-0.05, 0) is 49.6 Å². The Bertz CT molecular complexity index is 580. The fraction of sp³-hybridized carbons (Fsp3) is 0.389. The molecule has 3 heteroatoms. The van der Waals surface area contributed by atoms with E-state index in [9.17, 15) is 4.79 Å². The van der Waals surface area contributed by atoms with E-state index in [1.165, 1.54) is 12.8 Å². The average Bonchev–Trinajstić information content (AvgIpc) is 3.20. The SMILES string of the molecule is C[C@H](NC(=O)C1CCCC1)c1ccc(-n2cccc2)cc1. The largest absolute Gasteiger partial charge is 0.349 e. The number of hydrogen-bond acceptors (Lipinski definition) is 1. The molecule has 3 rings (SSSR count). The number of nitrogens with zero attached hydrogens (tertiary/aromatic N) is 1. The maximum Gasteiger partial charge on any atom is 0.223 e. The van der Waals surface area contributed by atoms with Crippen LogP contribution in [-0.4, -0.2) is 10.5 Å². The van der Waals surface area contributed by atoms with Crippen molar-refractivity contribution in [1.82, 2.24) is 9.88 Å². The smallest absolute Gasteiger partial charge is 0.223 e. The minimum atomic E-state index is 0.0665. The van der Waals surface area contributed by atoms with Gasteiger partial charge >= 0.3 is 0 Å². The van der Waals surface area contributed by atoms with Gasteiger partial charge in [0.05, 0.1) is 6.04 Å². The van der Waals surface area contributed by atoms with Crippen molar-refractivity contribution in [3.63, 3.8) is 0 Å². The van der Waals surface area contributed by atoms with Crippen molar-refractivity contribution < 1.29 is 4.79 Å². The molecule has 1 aromatic carbocycles. The van der Waals surface area contributed by atoms with Crippen molar-refractivity contribution >= 4 is 5.91 Å². The van der Waals surface area contributed by atoms with Gasteiger partial charge in [0.2, 0.25) is 5.91 Å². The Labute approximate surface area is 126 Å². The summed E-state index contributed by atoms with van der Waals surface area (Å²) in [5, 5.41) is 3.15. The monoisotopic (exact) mass is 282 g/mol. The quantitative estimate of drug-likeness (QED) is 0.908. The molecule has 0 aliphatic heterocycles. The molecule has 1 aliphatic carbocycles. The molecule has 1 aliphatic rings. The summed E-state index contributed by atoms with van der Waals surface area (Å²) in [4.78, 5) is 12.2.